The summed E-state index contributed by atoms with van der Waals surface area (Å²) in [6, 6.07) is 6.01. The molecule has 6 nitrogen and oxygen atoms in total. The lowest BCUT2D eigenvalue weighted by Crippen LogP contribution is -1.89. The lowest BCUT2D eigenvalue weighted by molar-refractivity contribution is -0.385. The van der Waals surface area contributed by atoms with E-state index < -0.39 is 16.4 Å². The van der Waals surface area contributed by atoms with Crippen LogP contribution in [0.2, 0.25) is 0 Å². The first kappa shape index (κ1) is 14.7. The number of allylic oxidation sites excluding steroid dienone is 1. The lowest BCUT2D eigenvalue weighted by atomic mass is 10.1. The van der Waals surface area contributed by atoms with Gasteiger partial charge < -0.3 is 5.11 Å². The first-order chi connectivity index (χ1) is 9.92. The van der Waals surface area contributed by atoms with Gasteiger partial charge in [0.2, 0.25) is 0 Å². The van der Waals surface area contributed by atoms with Crippen LogP contribution in [0, 0.1) is 35.3 Å². The fourth-order valence-electron chi connectivity index (χ4n) is 1.67. The Morgan fingerprint density at radius 2 is 2.24 bits per heavy atom. The number of benzene rings is 1. The summed E-state index contributed by atoms with van der Waals surface area (Å²) in [5.41, 5.74) is 1.25. The van der Waals surface area contributed by atoms with Gasteiger partial charge in [0.25, 0.3) is 0 Å². The summed E-state index contributed by atoms with van der Waals surface area (Å²) >= 11 is 1.39. The number of nitro benzene ring substituents is 1. The van der Waals surface area contributed by atoms with Gasteiger partial charge in [-0.2, -0.15) is 5.26 Å². The van der Waals surface area contributed by atoms with Gasteiger partial charge in [-0.3, -0.25) is 10.1 Å². The third-order valence-corrected chi connectivity index (χ3v) is 3.99. The van der Waals surface area contributed by atoms with Crippen LogP contribution in [-0.2, 0) is 0 Å². The molecule has 0 saturated heterocycles. The van der Waals surface area contributed by atoms with Crippen molar-refractivity contribution in [2.24, 2.45) is 0 Å². The molecule has 0 spiro atoms. The van der Waals surface area contributed by atoms with Crippen LogP contribution >= 0.6 is 11.3 Å². The highest BCUT2D eigenvalue weighted by molar-refractivity contribution is 7.12. The molecule has 7 heteroatoms. The van der Waals surface area contributed by atoms with Gasteiger partial charge in [-0.1, -0.05) is 6.07 Å². The van der Waals surface area contributed by atoms with Gasteiger partial charge in [0.15, 0.2) is 5.75 Å². The Balaban J connectivity index is 2.48. The van der Waals surface area contributed by atoms with Gasteiger partial charge >= 0.3 is 5.69 Å². The van der Waals surface area contributed by atoms with Gasteiger partial charge in [0.1, 0.15) is 11.1 Å². The second kappa shape index (κ2) is 5.73. The molecule has 2 rings (SSSR count). The maximum Gasteiger partial charge on any atom is 0.311 e. The van der Waals surface area contributed by atoms with Crippen molar-refractivity contribution in [2.45, 2.75) is 13.8 Å². The number of nitrogens with zero attached hydrogens (tertiary/aromatic N) is 3. The number of nitriles is 1. The van der Waals surface area contributed by atoms with Crippen molar-refractivity contribution in [3.8, 4) is 11.8 Å². The number of aromatic nitrogens is 1. The van der Waals surface area contributed by atoms with Crippen LogP contribution in [0.15, 0.2) is 18.2 Å². The van der Waals surface area contributed by atoms with Gasteiger partial charge in [0, 0.05) is 10.9 Å². The molecule has 0 atom stereocenters. The number of thiazole rings is 1. The normalized spacial score (nSPS) is 11.2. The quantitative estimate of drug-likeness (QED) is 0.531. The molecule has 0 aliphatic rings. The Bertz CT molecular complexity index is 768. The average molecular weight is 301 g/mol. The summed E-state index contributed by atoms with van der Waals surface area (Å²) in [5.74, 6) is -0.406. The van der Waals surface area contributed by atoms with Gasteiger partial charge in [-0.05, 0) is 31.6 Å². The molecule has 0 saturated carbocycles. The predicted molar refractivity (Wildman–Crippen MR) is 79.8 cm³/mol. The molecule has 0 unspecified atom stereocenters. The number of rotatable bonds is 3. The number of hydrogen-bond acceptors (Lipinski definition) is 6. The van der Waals surface area contributed by atoms with Crippen molar-refractivity contribution in [1.82, 2.24) is 4.98 Å². The van der Waals surface area contributed by atoms with E-state index in [0.717, 1.165) is 10.6 Å². The highest BCUT2D eigenvalue weighted by atomic mass is 32.1. The van der Waals surface area contributed by atoms with Crippen molar-refractivity contribution in [1.29, 1.82) is 5.26 Å². The van der Waals surface area contributed by atoms with E-state index in [1.54, 1.807) is 0 Å². The van der Waals surface area contributed by atoms with E-state index in [9.17, 15) is 20.5 Å². The fourth-order valence-corrected chi connectivity index (χ4v) is 2.55. The molecule has 1 heterocycles. The zero-order valence-electron chi connectivity index (χ0n) is 11.3. The summed E-state index contributed by atoms with van der Waals surface area (Å²) in [6.07, 6.45) is 1.52. The zero-order valence-corrected chi connectivity index (χ0v) is 12.1. The Labute approximate surface area is 124 Å². The summed E-state index contributed by atoms with van der Waals surface area (Å²) in [7, 11) is 0. The first-order valence-corrected chi connectivity index (χ1v) is 6.77. The summed E-state index contributed by atoms with van der Waals surface area (Å²) in [5, 5.41) is 30.0. The monoisotopic (exact) mass is 301 g/mol. The molecule has 1 aromatic carbocycles. The molecular weight excluding hydrogens is 290 g/mol. The standard InChI is InChI=1S/C14H11N3O3S/c1-8-9(2)21-14(16-8)11(7-15)5-10-3-4-13(18)12(6-10)17(19)20/h3-6,18H,1-2H3/b11-5+. The minimum absolute atomic E-state index is 0.330. The smallest absolute Gasteiger partial charge is 0.311 e. The Morgan fingerprint density at radius 3 is 2.76 bits per heavy atom. The largest absolute Gasteiger partial charge is 0.502 e. The Kier molecular flexibility index (Phi) is 4.00. The number of phenolic OH excluding ortho intramolecular Hbond substituents is 1. The molecule has 0 fully saturated rings. The van der Waals surface area contributed by atoms with Crippen LogP contribution in [0.4, 0.5) is 5.69 Å². The van der Waals surface area contributed by atoms with Crippen LogP contribution in [0.5, 0.6) is 5.75 Å². The van der Waals surface area contributed by atoms with E-state index in [0.29, 0.717) is 16.1 Å². The maximum absolute atomic E-state index is 10.8. The third-order valence-electron chi connectivity index (χ3n) is 2.89. The minimum Gasteiger partial charge on any atom is -0.502 e. The third kappa shape index (κ3) is 3.07. The van der Waals surface area contributed by atoms with E-state index in [2.05, 4.69) is 4.98 Å². The molecule has 0 aliphatic carbocycles. The molecule has 0 aliphatic heterocycles. The molecule has 0 amide bonds. The van der Waals surface area contributed by atoms with Gasteiger partial charge in [0.05, 0.1) is 16.2 Å². The van der Waals surface area contributed by atoms with Gasteiger partial charge in [-0.25, -0.2) is 4.98 Å². The van der Waals surface area contributed by atoms with Crippen molar-refractivity contribution in [3.05, 3.63) is 49.5 Å². The van der Waals surface area contributed by atoms with Crippen molar-refractivity contribution >= 4 is 28.7 Å². The van der Waals surface area contributed by atoms with E-state index in [-0.39, 0.29) is 0 Å². The summed E-state index contributed by atoms with van der Waals surface area (Å²) < 4.78 is 0. The lowest BCUT2D eigenvalue weighted by Gasteiger charge is -1.98. The number of aryl methyl sites for hydroxylation is 2. The number of hydrogen-bond donors (Lipinski definition) is 1. The predicted octanol–water partition coefficient (Wildman–Crippen LogP) is 3.44. The van der Waals surface area contributed by atoms with Crippen LogP contribution in [0.3, 0.4) is 0 Å². The van der Waals surface area contributed by atoms with Crippen molar-refractivity contribution < 1.29 is 10.0 Å². The SMILES string of the molecule is Cc1nc(/C(C#N)=C/c2ccc(O)c([N+](=O)[O-])c2)sc1C. The van der Waals surface area contributed by atoms with E-state index in [1.807, 2.05) is 19.9 Å². The van der Waals surface area contributed by atoms with E-state index >= 15 is 0 Å². The number of nitro groups is 1. The van der Waals surface area contributed by atoms with Crippen LogP contribution < -0.4 is 0 Å². The maximum atomic E-state index is 10.8. The summed E-state index contributed by atoms with van der Waals surface area (Å²) in [6.45, 7) is 3.77. The topological polar surface area (TPSA) is 100 Å². The van der Waals surface area contributed by atoms with Gasteiger partial charge in [-0.15, -0.1) is 11.3 Å². The summed E-state index contributed by atoms with van der Waals surface area (Å²) in [4.78, 5) is 15.4. The zero-order chi connectivity index (χ0) is 15.6. The Morgan fingerprint density at radius 1 is 1.52 bits per heavy atom. The van der Waals surface area contributed by atoms with Crippen LogP contribution in [-0.4, -0.2) is 15.0 Å². The van der Waals surface area contributed by atoms with E-state index in [4.69, 9.17) is 0 Å². The molecule has 0 bridgehead atoms. The van der Waals surface area contributed by atoms with Crippen molar-refractivity contribution in [3.63, 3.8) is 0 Å². The average Bonchev–Trinajstić information content (AvgIpc) is 2.77. The highest BCUT2D eigenvalue weighted by Crippen LogP contribution is 2.29. The Hall–Kier alpha value is -2.72. The van der Waals surface area contributed by atoms with Crippen molar-refractivity contribution in [2.75, 3.05) is 0 Å². The molecule has 21 heavy (non-hydrogen) atoms. The molecule has 106 valence electrons. The second-order valence-corrected chi connectivity index (χ2v) is 5.54. The molecule has 1 aromatic heterocycles. The molecular formula is C14H11N3O3S. The number of aromatic hydroxyl groups is 1. The fraction of sp³-hybridized carbons (Fsp3) is 0.143. The van der Waals surface area contributed by atoms with Crippen LogP contribution in [0.25, 0.3) is 11.6 Å². The minimum atomic E-state index is -0.670. The first-order valence-electron chi connectivity index (χ1n) is 5.96. The number of phenols is 1. The van der Waals surface area contributed by atoms with Crippen LogP contribution in [0.1, 0.15) is 21.1 Å². The second-order valence-electron chi connectivity index (χ2n) is 4.34. The molecule has 2 aromatic rings. The van der Waals surface area contributed by atoms with E-state index in [1.165, 1.54) is 35.6 Å². The molecule has 1 N–H and O–H groups in total. The highest BCUT2D eigenvalue weighted by Gasteiger charge is 2.14. The molecule has 0 radical (unpaired) electrons.